The summed E-state index contributed by atoms with van der Waals surface area (Å²) >= 11 is 0. The molecule has 31 heavy (non-hydrogen) atoms. The number of furan rings is 1. The van der Waals surface area contributed by atoms with Crippen molar-refractivity contribution < 1.29 is 19.4 Å². The zero-order valence-corrected chi connectivity index (χ0v) is 18.1. The van der Waals surface area contributed by atoms with E-state index in [1.807, 2.05) is 47.8 Å². The van der Waals surface area contributed by atoms with Crippen molar-refractivity contribution in [1.82, 2.24) is 0 Å². The molecule has 0 unspecified atom stereocenters. The molecule has 0 saturated carbocycles. The number of carbonyl (C=O) groups is 1. The Hall–Kier alpha value is -3.09. The molecule has 6 nitrogen and oxygen atoms in total. The van der Waals surface area contributed by atoms with Gasteiger partial charge in [0.1, 0.15) is 0 Å². The first-order valence-corrected chi connectivity index (χ1v) is 11.1. The van der Waals surface area contributed by atoms with Crippen LogP contribution in [0.2, 0.25) is 0 Å². The lowest BCUT2D eigenvalue weighted by atomic mass is 10.0. The molecular formula is C25H32N4O2+2. The van der Waals surface area contributed by atoms with Crippen LogP contribution in [0.15, 0.2) is 77.4 Å². The number of nitrogens with one attached hydrogen (secondary N) is 2. The molecule has 0 spiro atoms. The Kier molecular flexibility index (Phi) is 7.02. The first-order chi connectivity index (χ1) is 15.2. The minimum atomic E-state index is -0.0479. The second-order valence-corrected chi connectivity index (χ2v) is 8.03. The third kappa shape index (κ3) is 5.54. The number of nitrogens with two attached hydrogens (primary N) is 1. The highest BCUT2D eigenvalue weighted by Crippen LogP contribution is 2.19. The molecule has 3 aromatic rings. The van der Waals surface area contributed by atoms with Crippen molar-refractivity contribution in [2.45, 2.75) is 13.0 Å². The first-order valence-electron chi connectivity index (χ1n) is 11.1. The van der Waals surface area contributed by atoms with Gasteiger partial charge in [0.25, 0.3) is 5.91 Å². The van der Waals surface area contributed by atoms with Crippen LogP contribution in [-0.4, -0.2) is 45.2 Å². The van der Waals surface area contributed by atoms with E-state index in [9.17, 15) is 4.79 Å². The monoisotopic (exact) mass is 420 g/mol. The number of rotatable bonds is 8. The van der Waals surface area contributed by atoms with Gasteiger partial charge in [0.2, 0.25) is 0 Å². The molecule has 1 fully saturated rings. The van der Waals surface area contributed by atoms with Crippen LogP contribution in [0.25, 0.3) is 0 Å². The van der Waals surface area contributed by atoms with Crippen molar-refractivity contribution in [1.29, 1.82) is 0 Å². The molecule has 1 amide bonds. The Morgan fingerprint density at radius 3 is 2.45 bits per heavy atom. The van der Waals surface area contributed by atoms with Crippen molar-refractivity contribution >= 4 is 17.3 Å². The average Bonchev–Trinajstić information content (AvgIpc) is 3.35. The second kappa shape index (κ2) is 10.3. The maximum absolute atomic E-state index is 12.6. The summed E-state index contributed by atoms with van der Waals surface area (Å²) in [6, 6.07) is 22.1. The smallest absolute Gasteiger partial charge is 0.279 e. The number of anilines is 2. The molecule has 4 rings (SSSR count). The van der Waals surface area contributed by atoms with E-state index in [0.29, 0.717) is 6.54 Å². The fourth-order valence-electron chi connectivity index (χ4n) is 4.17. The third-order valence-electron chi connectivity index (χ3n) is 6.03. The van der Waals surface area contributed by atoms with Gasteiger partial charge in [0, 0.05) is 16.9 Å². The molecular weight excluding hydrogens is 388 g/mol. The maximum Gasteiger partial charge on any atom is 0.279 e. The van der Waals surface area contributed by atoms with E-state index >= 15 is 0 Å². The van der Waals surface area contributed by atoms with E-state index in [2.05, 4.69) is 41.4 Å². The highest BCUT2D eigenvalue weighted by Gasteiger charge is 2.22. The predicted molar refractivity (Wildman–Crippen MR) is 122 cm³/mol. The topological polar surface area (TPSA) is 66.5 Å². The van der Waals surface area contributed by atoms with Gasteiger partial charge in [-0.15, -0.1) is 0 Å². The number of nitrogens with zero attached hydrogens (tertiary/aromatic N) is 1. The van der Waals surface area contributed by atoms with Crippen LogP contribution < -0.4 is 20.4 Å². The largest absolute Gasteiger partial charge is 0.463 e. The fourth-order valence-corrected chi connectivity index (χ4v) is 4.17. The molecule has 2 aromatic carbocycles. The van der Waals surface area contributed by atoms with Gasteiger partial charge in [-0.1, -0.05) is 30.3 Å². The number of carbonyl (C=O) groups excluding carboxylic acids is 1. The lowest BCUT2D eigenvalue weighted by molar-refractivity contribution is -0.898. The van der Waals surface area contributed by atoms with Gasteiger partial charge in [-0.3, -0.25) is 4.79 Å². The Labute approximate surface area is 183 Å². The fraction of sp³-hybridized carbons (Fsp3) is 0.320. The molecule has 1 atom stereocenters. The molecule has 1 aliphatic rings. The van der Waals surface area contributed by atoms with Crippen molar-refractivity contribution in [2.24, 2.45) is 0 Å². The second-order valence-electron chi connectivity index (χ2n) is 8.03. The number of hydrogen-bond donors (Lipinski definition) is 3. The van der Waals surface area contributed by atoms with E-state index in [4.69, 9.17) is 4.42 Å². The SMILES string of the molecule is CC[NH+]1CCN(c2ccc(NC(=O)C[NH2+][C@H](c3ccccc3)c3ccco3)cc2)CC1. The maximum atomic E-state index is 12.6. The van der Waals surface area contributed by atoms with E-state index in [1.54, 1.807) is 11.2 Å². The summed E-state index contributed by atoms with van der Waals surface area (Å²) in [5.41, 5.74) is 3.16. The average molecular weight is 421 g/mol. The molecule has 2 heterocycles. The Morgan fingerprint density at radius 2 is 1.81 bits per heavy atom. The lowest BCUT2D eigenvalue weighted by Gasteiger charge is -2.33. The van der Waals surface area contributed by atoms with Crippen molar-refractivity contribution in [3.63, 3.8) is 0 Å². The summed E-state index contributed by atoms with van der Waals surface area (Å²) in [6.07, 6.45) is 1.67. The van der Waals surface area contributed by atoms with Gasteiger partial charge in [-0.2, -0.15) is 0 Å². The minimum Gasteiger partial charge on any atom is -0.463 e. The van der Waals surface area contributed by atoms with Crippen molar-refractivity contribution in [3.8, 4) is 0 Å². The molecule has 6 heteroatoms. The third-order valence-corrected chi connectivity index (χ3v) is 6.03. The number of hydrogen-bond acceptors (Lipinski definition) is 3. The van der Waals surface area contributed by atoms with Crippen LogP contribution in [0.5, 0.6) is 0 Å². The Morgan fingerprint density at radius 1 is 1.06 bits per heavy atom. The van der Waals surface area contributed by atoms with Gasteiger partial charge < -0.3 is 24.9 Å². The van der Waals surface area contributed by atoms with Gasteiger partial charge in [0.15, 0.2) is 18.3 Å². The van der Waals surface area contributed by atoms with Gasteiger partial charge >= 0.3 is 0 Å². The normalized spacial score (nSPS) is 15.6. The molecule has 4 N–H and O–H groups in total. The highest BCUT2D eigenvalue weighted by molar-refractivity contribution is 5.91. The van der Waals surface area contributed by atoms with E-state index in [0.717, 1.165) is 30.1 Å². The summed E-state index contributed by atoms with van der Waals surface area (Å²) < 4.78 is 5.62. The van der Waals surface area contributed by atoms with E-state index < -0.39 is 0 Å². The molecule has 162 valence electrons. The van der Waals surface area contributed by atoms with Crippen LogP contribution in [0, 0.1) is 0 Å². The molecule has 0 bridgehead atoms. The quantitative estimate of drug-likeness (QED) is 0.515. The van der Waals surface area contributed by atoms with Crippen molar-refractivity contribution in [2.75, 3.05) is 49.5 Å². The van der Waals surface area contributed by atoms with E-state index in [1.165, 1.54) is 25.3 Å². The standard InChI is InChI=1S/C25H30N4O2/c1-2-28-14-16-29(17-15-28)22-12-10-21(11-13-22)27-24(30)19-26-25(23-9-6-18-31-23)20-7-4-3-5-8-20/h3-13,18,25-26H,2,14-17,19H2,1H3,(H,27,30)/p+2/t25-/m1/s1. The Bertz CT molecular complexity index is 933. The minimum absolute atomic E-state index is 0.0274. The van der Waals surface area contributed by atoms with Gasteiger partial charge in [0.05, 0.1) is 39.0 Å². The zero-order chi connectivity index (χ0) is 21.5. The highest BCUT2D eigenvalue weighted by atomic mass is 16.3. The van der Waals surface area contributed by atoms with Gasteiger partial charge in [-0.05, 0) is 43.3 Å². The number of benzene rings is 2. The molecule has 0 aliphatic carbocycles. The zero-order valence-electron chi connectivity index (χ0n) is 18.1. The number of quaternary nitrogens is 2. The van der Waals surface area contributed by atoms with Crippen LogP contribution in [0.1, 0.15) is 24.3 Å². The van der Waals surface area contributed by atoms with E-state index in [-0.39, 0.29) is 11.9 Å². The number of likely N-dealkylation sites (N-methyl/N-ethyl adjacent to an activating group) is 1. The number of piperazine rings is 1. The molecule has 1 saturated heterocycles. The predicted octanol–water partition coefficient (Wildman–Crippen LogP) is 1.30. The van der Waals surface area contributed by atoms with Crippen LogP contribution >= 0.6 is 0 Å². The summed E-state index contributed by atoms with van der Waals surface area (Å²) in [7, 11) is 0. The Balaban J connectivity index is 1.32. The molecule has 0 radical (unpaired) electrons. The van der Waals surface area contributed by atoms with Crippen molar-refractivity contribution in [3.05, 3.63) is 84.3 Å². The van der Waals surface area contributed by atoms with Crippen LogP contribution in [0.3, 0.4) is 0 Å². The number of amides is 1. The van der Waals surface area contributed by atoms with Crippen LogP contribution in [0.4, 0.5) is 11.4 Å². The molecule has 1 aliphatic heterocycles. The summed E-state index contributed by atoms with van der Waals surface area (Å²) in [5.74, 6) is 0.814. The molecule has 1 aromatic heterocycles. The van der Waals surface area contributed by atoms with Crippen LogP contribution in [-0.2, 0) is 4.79 Å². The summed E-state index contributed by atoms with van der Waals surface area (Å²) in [5, 5.41) is 5.02. The summed E-state index contributed by atoms with van der Waals surface area (Å²) in [6.45, 7) is 8.28. The summed E-state index contributed by atoms with van der Waals surface area (Å²) in [4.78, 5) is 16.7. The lowest BCUT2D eigenvalue weighted by Crippen LogP contribution is -3.14. The van der Waals surface area contributed by atoms with Gasteiger partial charge in [-0.25, -0.2) is 0 Å². The first kappa shape index (κ1) is 21.2.